The van der Waals surface area contributed by atoms with Crippen LogP contribution in [0, 0.1) is 17.4 Å². The predicted molar refractivity (Wildman–Crippen MR) is 53.3 cm³/mol. The van der Waals surface area contributed by atoms with Gasteiger partial charge in [0.05, 0.1) is 11.6 Å². The summed E-state index contributed by atoms with van der Waals surface area (Å²) in [7, 11) is 0. The first kappa shape index (κ1) is 9.63. The summed E-state index contributed by atoms with van der Waals surface area (Å²) in [5, 5.41) is 11.5. The van der Waals surface area contributed by atoms with Crippen LogP contribution in [0.1, 0.15) is 5.56 Å². The molecule has 1 aromatic rings. The van der Waals surface area contributed by atoms with Crippen molar-refractivity contribution in [2.75, 3.05) is 11.2 Å². The lowest BCUT2D eigenvalue weighted by molar-refractivity contribution is 1.47. The molecule has 65 valence electrons. The molecule has 0 amide bonds. The highest BCUT2D eigenvalue weighted by Gasteiger charge is 1.89. The van der Waals surface area contributed by atoms with Gasteiger partial charge in [0.1, 0.15) is 0 Å². The molecule has 0 aromatic heterocycles. The number of nitriles is 1. The Morgan fingerprint density at radius 3 is 2.62 bits per heavy atom. The molecule has 1 aromatic carbocycles. The molecule has 1 radical (unpaired) electrons. The number of rotatable bonds is 3. The Kier molecular flexibility index (Phi) is 3.87. The second kappa shape index (κ2) is 5.23. The van der Waals surface area contributed by atoms with Crippen LogP contribution in [-0.2, 0) is 0 Å². The van der Waals surface area contributed by atoms with Crippen LogP contribution in [0.3, 0.4) is 0 Å². The first-order valence-corrected chi connectivity index (χ1v) is 4.28. The van der Waals surface area contributed by atoms with Crippen molar-refractivity contribution < 1.29 is 0 Å². The molecular weight excluding hydrogens is 184 g/mol. The topological polar surface area (TPSA) is 35.8 Å². The van der Waals surface area contributed by atoms with Crippen LogP contribution in [0.5, 0.6) is 0 Å². The van der Waals surface area contributed by atoms with Crippen LogP contribution in [0.4, 0.5) is 5.69 Å². The van der Waals surface area contributed by atoms with Gasteiger partial charge in [-0.1, -0.05) is 0 Å². The van der Waals surface area contributed by atoms with Crippen molar-refractivity contribution in [1.29, 1.82) is 5.26 Å². The summed E-state index contributed by atoms with van der Waals surface area (Å²) < 4.78 is 0. The quantitative estimate of drug-likeness (QED) is 0.746. The number of anilines is 1. The molecule has 0 spiro atoms. The van der Waals surface area contributed by atoms with Crippen molar-refractivity contribution in [2.45, 2.75) is 0 Å². The van der Waals surface area contributed by atoms with Crippen LogP contribution >= 0.6 is 11.6 Å². The van der Waals surface area contributed by atoms with E-state index in [1.165, 1.54) is 0 Å². The fraction of sp³-hybridized carbons (Fsp3) is 0.100. The van der Waals surface area contributed by atoms with Gasteiger partial charge in [0, 0.05) is 17.8 Å². The number of alkyl halides is 1. The van der Waals surface area contributed by atoms with E-state index < -0.39 is 0 Å². The van der Waals surface area contributed by atoms with E-state index in [0.717, 1.165) is 5.69 Å². The van der Waals surface area contributed by atoms with Gasteiger partial charge in [0.15, 0.2) is 0 Å². The molecule has 0 aliphatic heterocycles. The Morgan fingerprint density at radius 1 is 1.38 bits per heavy atom. The Bertz CT molecular complexity index is 322. The zero-order valence-corrected chi connectivity index (χ0v) is 7.67. The predicted octanol–water partition coefficient (Wildman–Crippen LogP) is 2.53. The fourth-order valence-electron chi connectivity index (χ4n) is 0.814. The molecule has 0 fully saturated rings. The van der Waals surface area contributed by atoms with E-state index in [1.54, 1.807) is 18.3 Å². The van der Waals surface area contributed by atoms with Crippen LogP contribution in [0.15, 0.2) is 30.5 Å². The van der Waals surface area contributed by atoms with Crippen molar-refractivity contribution in [1.82, 2.24) is 0 Å². The molecule has 0 saturated carbocycles. The SMILES string of the molecule is N#Cc1ccc(N/C=[C]/CCl)cc1. The summed E-state index contributed by atoms with van der Waals surface area (Å²) in [6.45, 7) is 0. The molecule has 0 aliphatic carbocycles. The first-order chi connectivity index (χ1) is 6.36. The Morgan fingerprint density at radius 2 is 2.08 bits per heavy atom. The van der Waals surface area contributed by atoms with Gasteiger partial charge < -0.3 is 5.32 Å². The molecule has 0 unspecified atom stereocenters. The maximum atomic E-state index is 8.53. The minimum absolute atomic E-state index is 0.364. The third kappa shape index (κ3) is 3.18. The average molecular weight is 192 g/mol. The van der Waals surface area contributed by atoms with E-state index in [-0.39, 0.29) is 0 Å². The second-order valence-corrected chi connectivity index (χ2v) is 2.58. The molecule has 0 heterocycles. The van der Waals surface area contributed by atoms with Gasteiger partial charge in [-0.3, -0.25) is 0 Å². The molecule has 3 heteroatoms. The highest BCUT2D eigenvalue weighted by Crippen LogP contribution is 2.08. The zero-order chi connectivity index (χ0) is 9.52. The van der Waals surface area contributed by atoms with Crippen molar-refractivity contribution in [3.63, 3.8) is 0 Å². The minimum Gasteiger partial charge on any atom is -0.361 e. The van der Waals surface area contributed by atoms with Crippen molar-refractivity contribution >= 4 is 17.3 Å². The van der Waals surface area contributed by atoms with Crippen LogP contribution in [-0.4, -0.2) is 5.88 Å². The second-order valence-electron chi connectivity index (χ2n) is 2.32. The van der Waals surface area contributed by atoms with E-state index in [1.807, 2.05) is 18.2 Å². The minimum atomic E-state index is 0.364. The summed E-state index contributed by atoms with van der Waals surface area (Å²) in [5.41, 5.74) is 1.56. The Balaban J connectivity index is 2.60. The summed E-state index contributed by atoms with van der Waals surface area (Å²) in [5.74, 6) is 0.364. The largest absolute Gasteiger partial charge is 0.361 e. The van der Waals surface area contributed by atoms with Crippen LogP contribution in [0.25, 0.3) is 0 Å². The van der Waals surface area contributed by atoms with Crippen LogP contribution in [0.2, 0.25) is 0 Å². The summed E-state index contributed by atoms with van der Waals surface area (Å²) in [4.78, 5) is 0. The zero-order valence-electron chi connectivity index (χ0n) is 6.92. The fourth-order valence-corrected chi connectivity index (χ4v) is 0.891. The lowest BCUT2D eigenvalue weighted by atomic mass is 10.2. The molecule has 1 rings (SSSR count). The van der Waals surface area contributed by atoms with E-state index in [9.17, 15) is 0 Å². The van der Waals surface area contributed by atoms with Gasteiger partial charge in [0.25, 0.3) is 0 Å². The van der Waals surface area contributed by atoms with Gasteiger partial charge in [0.2, 0.25) is 0 Å². The van der Waals surface area contributed by atoms with Gasteiger partial charge in [-0.2, -0.15) is 5.26 Å². The van der Waals surface area contributed by atoms with E-state index >= 15 is 0 Å². The molecule has 0 bridgehead atoms. The van der Waals surface area contributed by atoms with Gasteiger partial charge in [-0.15, -0.1) is 11.6 Å². The molecule has 13 heavy (non-hydrogen) atoms. The third-order valence-electron chi connectivity index (χ3n) is 1.43. The number of halogens is 1. The third-order valence-corrected chi connectivity index (χ3v) is 1.59. The molecule has 1 N–H and O–H groups in total. The van der Waals surface area contributed by atoms with Gasteiger partial charge in [-0.25, -0.2) is 0 Å². The van der Waals surface area contributed by atoms with E-state index in [2.05, 4.69) is 11.4 Å². The standard InChI is InChI=1S/C10H8ClN2/c11-6-1-7-13-10-4-2-9(8-12)3-5-10/h2-5,7,13H,6H2. The molecule has 0 aliphatic rings. The molecule has 0 atom stereocenters. The summed E-state index contributed by atoms with van der Waals surface area (Å²) >= 11 is 5.39. The average Bonchev–Trinajstić information content (AvgIpc) is 2.19. The maximum Gasteiger partial charge on any atom is 0.0991 e. The van der Waals surface area contributed by atoms with Gasteiger partial charge in [-0.05, 0) is 30.3 Å². The van der Waals surface area contributed by atoms with Crippen molar-refractivity contribution in [2.24, 2.45) is 0 Å². The van der Waals surface area contributed by atoms with Crippen molar-refractivity contribution in [3.8, 4) is 6.07 Å². The van der Waals surface area contributed by atoms with Crippen LogP contribution < -0.4 is 5.32 Å². The van der Waals surface area contributed by atoms with E-state index in [0.29, 0.717) is 11.4 Å². The number of nitrogens with one attached hydrogen (secondary N) is 1. The number of benzene rings is 1. The summed E-state index contributed by atoms with van der Waals surface area (Å²) in [6.07, 6.45) is 4.44. The number of allylic oxidation sites excluding steroid dienone is 1. The highest BCUT2D eigenvalue weighted by atomic mass is 35.5. The smallest absolute Gasteiger partial charge is 0.0991 e. The maximum absolute atomic E-state index is 8.53. The number of hydrogen-bond acceptors (Lipinski definition) is 2. The Labute approximate surface area is 82.4 Å². The first-order valence-electron chi connectivity index (χ1n) is 3.74. The Hall–Kier alpha value is -1.46. The molecule has 2 nitrogen and oxygen atoms in total. The number of hydrogen-bond donors (Lipinski definition) is 1. The monoisotopic (exact) mass is 191 g/mol. The van der Waals surface area contributed by atoms with Crippen molar-refractivity contribution in [3.05, 3.63) is 42.1 Å². The lowest BCUT2D eigenvalue weighted by Gasteiger charge is -1.98. The normalized spacial score (nSPS) is 9.85. The van der Waals surface area contributed by atoms with E-state index in [4.69, 9.17) is 16.9 Å². The highest BCUT2D eigenvalue weighted by molar-refractivity contribution is 6.18. The summed E-state index contributed by atoms with van der Waals surface area (Å²) in [6, 6.07) is 9.19. The molecular formula is C10H8ClN2. The lowest BCUT2D eigenvalue weighted by Crippen LogP contribution is -1.87. The number of nitrogens with zero attached hydrogens (tertiary/aromatic N) is 1. The van der Waals surface area contributed by atoms with Gasteiger partial charge >= 0.3 is 0 Å². The molecule has 0 saturated heterocycles.